The molecule has 2 rings (SSSR count). The standard InChI is InChI=1S/C19H28O4/c1-12-7-9-15-18(3,10-5-11-19(15,4)17(22)23)14(12)8-6-13(2)16(20)21/h6,14-15H,1,5,7-11H2,2-4H3,(H,20,21)(H,22,23)/b13-6+/t14-,15?,18+,19-/m1/s1. The van der Waals surface area contributed by atoms with Gasteiger partial charge in [0.2, 0.25) is 0 Å². The van der Waals surface area contributed by atoms with Crippen molar-refractivity contribution >= 4 is 11.9 Å². The summed E-state index contributed by atoms with van der Waals surface area (Å²) in [5, 5.41) is 18.8. The van der Waals surface area contributed by atoms with E-state index in [1.165, 1.54) is 0 Å². The molecule has 0 aliphatic heterocycles. The predicted molar refractivity (Wildman–Crippen MR) is 89.1 cm³/mol. The third kappa shape index (κ3) is 2.96. The Morgan fingerprint density at radius 1 is 1.30 bits per heavy atom. The second-order valence-electron chi connectivity index (χ2n) is 7.81. The Morgan fingerprint density at radius 3 is 2.52 bits per heavy atom. The summed E-state index contributed by atoms with van der Waals surface area (Å²) in [6.45, 7) is 9.91. The van der Waals surface area contributed by atoms with Gasteiger partial charge in [0.25, 0.3) is 0 Å². The van der Waals surface area contributed by atoms with E-state index in [2.05, 4.69) is 13.5 Å². The summed E-state index contributed by atoms with van der Waals surface area (Å²) in [6.07, 6.45) is 6.75. The van der Waals surface area contributed by atoms with E-state index >= 15 is 0 Å². The first-order valence-electron chi connectivity index (χ1n) is 8.44. The summed E-state index contributed by atoms with van der Waals surface area (Å²) >= 11 is 0. The molecule has 4 nitrogen and oxygen atoms in total. The Hall–Kier alpha value is -1.58. The molecular formula is C19H28O4. The summed E-state index contributed by atoms with van der Waals surface area (Å²) in [6, 6.07) is 0. The van der Waals surface area contributed by atoms with Gasteiger partial charge in [0.1, 0.15) is 0 Å². The molecule has 2 fully saturated rings. The lowest BCUT2D eigenvalue weighted by Gasteiger charge is -2.57. The Balaban J connectivity index is 2.35. The Kier molecular flexibility index (Phi) is 4.74. The van der Waals surface area contributed by atoms with Crippen LogP contribution in [0.15, 0.2) is 23.8 Å². The number of hydrogen-bond acceptors (Lipinski definition) is 2. The van der Waals surface area contributed by atoms with Crippen LogP contribution in [0.5, 0.6) is 0 Å². The number of hydrogen-bond donors (Lipinski definition) is 2. The number of carbonyl (C=O) groups is 2. The third-order valence-corrected chi connectivity index (χ3v) is 6.51. The molecule has 0 aromatic heterocycles. The number of carboxylic acids is 2. The van der Waals surface area contributed by atoms with Crippen LogP contribution < -0.4 is 0 Å². The van der Waals surface area contributed by atoms with Crippen molar-refractivity contribution in [3.05, 3.63) is 23.8 Å². The van der Waals surface area contributed by atoms with Gasteiger partial charge in [-0.1, -0.05) is 31.6 Å². The van der Waals surface area contributed by atoms with Crippen LogP contribution >= 0.6 is 0 Å². The van der Waals surface area contributed by atoms with Gasteiger partial charge in [0, 0.05) is 5.57 Å². The highest BCUT2D eigenvalue weighted by Crippen LogP contribution is 2.61. The van der Waals surface area contributed by atoms with E-state index in [9.17, 15) is 14.7 Å². The number of rotatable bonds is 4. The molecule has 0 radical (unpaired) electrons. The largest absolute Gasteiger partial charge is 0.481 e. The molecular weight excluding hydrogens is 292 g/mol. The maximum Gasteiger partial charge on any atom is 0.330 e. The summed E-state index contributed by atoms with van der Waals surface area (Å²) in [5.41, 5.74) is 0.696. The first kappa shape index (κ1) is 17.8. The molecule has 1 unspecified atom stereocenters. The van der Waals surface area contributed by atoms with Crippen LogP contribution in [0, 0.1) is 22.7 Å². The predicted octanol–water partition coefficient (Wildman–Crippen LogP) is 4.27. The topological polar surface area (TPSA) is 74.6 Å². The minimum atomic E-state index is -0.896. The molecule has 2 aliphatic rings. The summed E-state index contributed by atoms with van der Waals surface area (Å²) < 4.78 is 0. The van der Waals surface area contributed by atoms with Gasteiger partial charge in [0.05, 0.1) is 5.41 Å². The van der Waals surface area contributed by atoms with Crippen molar-refractivity contribution in [3.63, 3.8) is 0 Å². The highest BCUT2D eigenvalue weighted by Gasteiger charge is 2.57. The van der Waals surface area contributed by atoms with Crippen LogP contribution in [0.2, 0.25) is 0 Å². The van der Waals surface area contributed by atoms with Crippen molar-refractivity contribution in [3.8, 4) is 0 Å². The van der Waals surface area contributed by atoms with Crippen molar-refractivity contribution < 1.29 is 19.8 Å². The first-order valence-corrected chi connectivity index (χ1v) is 8.44. The van der Waals surface area contributed by atoms with Gasteiger partial charge >= 0.3 is 11.9 Å². The van der Waals surface area contributed by atoms with E-state index in [-0.39, 0.29) is 17.3 Å². The summed E-state index contributed by atoms with van der Waals surface area (Å²) in [5.74, 6) is -1.31. The third-order valence-electron chi connectivity index (χ3n) is 6.51. The molecule has 0 aromatic rings. The molecule has 128 valence electrons. The van der Waals surface area contributed by atoms with E-state index < -0.39 is 17.4 Å². The maximum absolute atomic E-state index is 11.9. The zero-order valence-corrected chi connectivity index (χ0v) is 14.4. The zero-order chi connectivity index (χ0) is 17.4. The van der Waals surface area contributed by atoms with Gasteiger partial charge in [-0.25, -0.2) is 4.79 Å². The van der Waals surface area contributed by atoms with Gasteiger partial charge in [0.15, 0.2) is 0 Å². The first-order chi connectivity index (χ1) is 10.6. The van der Waals surface area contributed by atoms with Crippen molar-refractivity contribution in [2.75, 3.05) is 0 Å². The molecule has 2 aliphatic carbocycles. The number of allylic oxidation sites excluding steroid dienone is 2. The van der Waals surface area contributed by atoms with Crippen LogP contribution in [0.25, 0.3) is 0 Å². The molecule has 2 N–H and O–H groups in total. The van der Waals surface area contributed by atoms with Gasteiger partial charge in [-0.3, -0.25) is 4.79 Å². The van der Waals surface area contributed by atoms with E-state index in [0.29, 0.717) is 12.0 Å². The van der Waals surface area contributed by atoms with E-state index in [1.807, 2.05) is 6.92 Å². The Bertz CT molecular complexity index is 562. The molecule has 0 amide bonds. The molecule has 23 heavy (non-hydrogen) atoms. The van der Waals surface area contributed by atoms with Crippen LogP contribution in [-0.4, -0.2) is 22.2 Å². The molecule has 2 saturated carbocycles. The average Bonchev–Trinajstić information content (AvgIpc) is 2.45. The average molecular weight is 320 g/mol. The summed E-state index contributed by atoms with van der Waals surface area (Å²) in [7, 11) is 0. The molecule has 4 atom stereocenters. The molecule has 0 heterocycles. The smallest absolute Gasteiger partial charge is 0.330 e. The lowest BCUT2D eigenvalue weighted by Crippen LogP contribution is -2.53. The van der Waals surface area contributed by atoms with Gasteiger partial charge in [-0.05, 0) is 63.2 Å². The van der Waals surface area contributed by atoms with Crippen molar-refractivity contribution in [2.24, 2.45) is 22.7 Å². The minimum Gasteiger partial charge on any atom is -0.481 e. The lowest BCUT2D eigenvalue weighted by molar-refractivity contribution is -0.164. The van der Waals surface area contributed by atoms with Gasteiger partial charge in [-0.15, -0.1) is 0 Å². The van der Waals surface area contributed by atoms with Crippen LogP contribution in [0.3, 0.4) is 0 Å². The molecule has 0 aromatic carbocycles. The van der Waals surface area contributed by atoms with Crippen molar-refractivity contribution in [1.29, 1.82) is 0 Å². The molecule has 0 spiro atoms. The second-order valence-corrected chi connectivity index (χ2v) is 7.81. The Labute approximate surface area is 138 Å². The van der Waals surface area contributed by atoms with Crippen molar-refractivity contribution in [1.82, 2.24) is 0 Å². The summed E-state index contributed by atoms with van der Waals surface area (Å²) in [4.78, 5) is 22.9. The normalized spacial score (nSPS) is 38.0. The van der Waals surface area contributed by atoms with Crippen LogP contribution in [0.1, 0.15) is 59.3 Å². The highest BCUT2D eigenvalue weighted by atomic mass is 16.4. The Morgan fingerprint density at radius 2 is 1.96 bits per heavy atom. The highest BCUT2D eigenvalue weighted by molar-refractivity contribution is 5.85. The quantitative estimate of drug-likeness (QED) is 0.599. The monoisotopic (exact) mass is 320 g/mol. The van der Waals surface area contributed by atoms with Gasteiger partial charge in [-0.2, -0.15) is 0 Å². The maximum atomic E-state index is 11.9. The minimum absolute atomic E-state index is 0.115. The lowest BCUT2D eigenvalue weighted by atomic mass is 9.46. The van der Waals surface area contributed by atoms with E-state index in [0.717, 1.165) is 37.7 Å². The van der Waals surface area contributed by atoms with E-state index in [1.54, 1.807) is 13.0 Å². The van der Waals surface area contributed by atoms with Gasteiger partial charge < -0.3 is 10.2 Å². The molecule has 0 bridgehead atoms. The number of aliphatic carboxylic acids is 2. The fraction of sp³-hybridized carbons (Fsp3) is 0.684. The van der Waals surface area contributed by atoms with Crippen molar-refractivity contribution in [2.45, 2.75) is 59.3 Å². The van der Waals surface area contributed by atoms with E-state index in [4.69, 9.17) is 5.11 Å². The van der Waals surface area contributed by atoms with Crippen LogP contribution in [0.4, 0.5) is 0 Å². The number of carboxylic acid groups (broad SMARTS) is 2. The SMILES string of the molecule is C=C1CCC2[C@](C)(C(=O)O)CCC[C@@]2(C)[C@@H]1C/C=C(\C)C(=O)O. The fourth-order valence-electron chi connectivity index (χ4n) is 5.02. The number of fused-ring (bicyclic) bond motifs is 1. The van der Waals surface area contributed by atoms with Crippen LogP contribution in [-0.2, 0) is 9.59 Å². The molecule has 4 heteroatoms. The zero-order valence-electron chi connectivity index (χ0n) is 14.4. The second kappa shape index (κ2) is 6.14. The fourth-order valence-corrected chi connectivity index (χ4v) is 5.02. The molecule has 0 saturated heterocycles.